The second-order valence-corrected chi connectivity index (χ2v) is 3.58. The van der Waals surface area contributed by atoms with E-state index in [0.29, 0.717) is 5.02 Å². The van der Waals surface area contributed by atoms with E-state index in [9.17, 15) is 0 Å². The highest BCUT2D eigenvalue weighted by molar-refractivity contribution is 6.31. The molecule has 4 nitrogen and oxygen atoms in total. The molecule has 0 aliphatic heterocycles. The maximum absolute atomic E-state index is 9.15. The van der Waals surface area contributed by atoms with Gasteiger partial charge in [0.05, 0.1) is 29.2 Å². The first-order valence-corrected chi connectivity index (χ1v) is 4.86. The first-order chi connectivity index (χ1) is 7.22. The molecule has 0 aliphatic rings. The van der Waals surface area contributed by atoms with Gasteiger partial charge in [0.25, 0.3) is 0 Å². The van der Waals surface area contributed by atoms with Crippen molar-refractivity contribution in [2.45, 2.75) is 13.5 Å². The van der Waals surface area contributed by atoms with Gasteiger partial charge in [-0.2, -0.15) is 5.10 Å². The third kappa shape index (κ3) is 1.86. The molecular weight excluding hydrogens is 214 g/mol. The van der Waals surface area contributed by atoms with Crippen molar-refractivity contribution in [3.8, 4) is 5.69 Å². The summed E-state index contributed by atoms with van der Waals surface area (Å²) in [5, 5.41) is 14.0. The molecule has 0 saturated carbocycles. The Bertz CT molecular complexity index is 462. The number of pyridine rings is 1. The maximum atomic E-state index is 9.15. The van der Waals surface area contributed by atoms with Gasteiger partial charge in [-0.1, -0.05) is 11.6 Å². The smallest absolute Gasteiger partial charge is 0.0884 e. The molecule has 78 valence electrons. The fourth-order valence-electron chi connectivity index (χ4n) is 1.32. The summed E-state index contributed by atoms with van der Waals surface area (Å²) >= 11 is 5.91. The Labute approximate surface area is 92.1 Å². The molecule has 2 heterocycles. The lowest BCUT2D eigenvalue weighted by atomic mass is 10.2. The number of aryl methyl sites for hydroxylation is 1. The van der Waals surface area contributed by atoms with Crippen LogP contribution in [0.1, 0.15) is 11.3 Å². The van der Waals surface area contributed by atoms with E-state index in [1.54, 1.807) is 29.3 Å². The third-order valence-corrected chi connectivity index (χ3v) is 2.51. The minimum Gasteiger partial charge on any atom is -0.392 e. The molecule has 2 aromatic rings. The fraction of sp³-hybridized carbons (Fsp3) is 0.200. The molecule has 15 heavy (non-hydrogen) atoms. The molecule has 2 rings (SSSR count). The summed E-state index contributed by atoms with van der Waals surface area (Å²) in [4.78, 5) is 3.99. The Hall–Kier alpha value is -1.39. The van der Waals surface area contributed by atoms with Crippen LogP contribution >= 0.6 is 11.6 Å². The predicted octanol–water partition coefficient (Wildman–Crippen LogP) is 1.72. The van der Waals surface area contributed by atoms with Crippen molar-refractivity contribution in [3.63, 3.8) is 0 Å². The maximum Gasteiger partial charge on any atom is 0.0884 e. The zero-order valence-corrected chi connectivity index (χ0v) is 8.94. The van der Waals surface area contributed by atoms with Gasteiger partial charge < -0.3 is 5.11 Å². The molecule has 0 unspecified atom stereocenters. The predicted molar refractivity (Wildman–Crippen MR) is 57.0 cm³/mol. The first kappa shape index (κ1) is 10.1. The Morgan fingerprint density at radius 2 is 2.33 bits per heavy atom. The second-order valence-electron chi connectivity index (χ2n) is 3.17. The Morgan fingerprint density at radius 1 is 1.53 bits per heavy atom. The lowest BCUT2D eigenvalue weighted by Crippen LogP contribution is -2.01. The van der Waals surface area contributed by atoms with Crippen molar-refractivity contribution in [1.29, 1.82) is 0 Å². The molecule has 0 bridgehead atoms. The molecule has 0 atom stereocenters. The van der Waals surface area contributed by atoms with E-state index in [1.165, 1.54) is 0 Å². The number of hydrogen-bond donors (Lipinski definition) is 1. The standard InChI is InChI=1S/C10H10ClN3O/c1-7-9(11)5-14(13-7)10-4-12-3-2-8(10)6-15/h2-5,15H,6H2,1H3. The van der Waals surface area contributed by atoms with Crippen LogP contribution in [-0.2, 0) is 6.61 Å². The highest BCUT2D eigenvalue weighted by atomic mass is 35.5. The van der Waals surface area contributed by atoms with Crippen LogP contribution in [0.3, 0.4) is 0 Å². The van der Waals surface area contributed by atoms with Gasteiger partial charge in [-0.05, 0) is 13.0 Å². The van der Waals surface area contributed by atoms with Crippen LogP contribution in [0.4, 0.5) is 0 Å². The van der Waals surface area contributed by atoms with Gasteiger partial charge in [-0.3, -0.25) is 4.98 Å². The van der Waals surface area contributed by atoms with Crippen molar-refractivity contribution >= 4 is 11.6 Å². The lowest BCUT2D eigenvalue weighted by molar-refractivity contribution is 0.281. The lowest BCUT2D eigenvalue weighted by Gasteiger charge is -2.05. The van der Waals surface area contributed by atoms with Crippen LogP contribution in [0.25, 0.3) is 5.69 Å². The van der Waals surface area contributed by atoms with E-state index < -0.39 is 0 Å². The minimum absolute atomic E-state index is 0.0472. The molecular formula is C10H10ClN3O. The number of aliphatic hydroxyl groups excluding tert-OH is 1. The Morgan fingerprint density at radius 3 is 2.93 bits per heavy atom. The van der Waals surface area contributed by atoms with E-state index in [-0.39, 0.29) is 6.61 Å². The third-order valence-electron chi connectivity index (χ3n) is 2.14. The van der Waals surface area contributed by atoms with E-state index in [1.807, 2.05) is 6.92 Å². The van der Waals surface area contributed by atoms with Crippen molar-refractivity contribution in [2.24, 2.45) is 0 Å². The fourth-order valence-corrected chi connectivity index (χ4v) is 1.45. The number of aliphatic hydroxyl groups is 1. The van der Waals surface area contributed by atoms with Crippen LogP contribution in [0, 0.1) is 6.92 Å². The van der Waals surface area contributed by atoms with Crippen molar-refractivity contribution in [2.75, 3.05) is 0 Å². The second kappa shape index (κ2) is 4.00. The average molecular weight is 224 g/mol. The van der Waals surface area contributed by atoms with Crippen LogP contribution in [0.5, 0.6) is 0 Å². The normalized spacial score (nSPS) is 10.6. The van der Waals surface area contributed by atoms with Gasteiger partial charge in [-0.15, -0.1) is 0 Å². The summed E-state index contributed by atoms with van der Waals surface area (Å²) in [6.45, 7) is 1.78. The van der Waals surface area contributed by atoms with Gasteiger partial charge in [0, 0.05) is 18.0 Å². The minimum atomic E-state index is -0.0472. The summed E-state index contributed by atoms with van der Waals surface area (Å²) in [6, 6.07) is 1.75. The SMILES string of the molecule is Cc1nn(-c2cnccc2CO)cc1Cl. The number of aromatic nitrogens is 3. The summed E-state index contributed by atoms with van der Waals surface area (Å²) in [5.74, 6) is 0. The number of halogens is 1. The van der Waals surface area contributed by atoms with Crippen LogP contribution in [0.2, 0.25) is 5.02 Å². The highest BCUT2D eigenvalue weighted by Gasteiger charge is 2.07. The number of rotatable bonds is 2. The van der Waals surface area contributed by atoms with Crippen LogP contribution < -0.4 is 0 Å². The van der Waals surface area contributed by atoms with Crippen molar-refractivity contribution in [3.05, 3.63) is 40.9 Å². The zero-order valence-electron chi connectivity index (χ0n) is 8.18. The Balaban J connectivity index is 2.53. The highest BCUT2D eigenvalue weighted by Crippen LogP contribution is 2.18. The Kier molecular flexibility index (Phi) is 2.70. The van der Waals surface area contributed by atoms with E-state index in [0.717, 1.165) is 16.9 Å². The first-order valence-electron chi connectivity index (χ1n) is 4.48. The molecule has 0 amide bonds. The molecule has 1 N–H and O–H groups in total. The molecule has 0 spiro atoms. The monoisotopic (exact) mass is 223 g/mol. The van der Waals surface area contributed by atoms with Gasteiger partial charge >= 0.3 is 0 Å². The van der Waals surface area contributed by atoms with E-state index in [2.05, 4.69) is 10.1 Å². The quantitative estimate of drug-likeness (QED) is 0.844. The molecule has 0 fully saturated rings. The zero-order chi connectivity index (χ0) is 10.8. The topological polar surface area (TPSA) is 50.9 Å². The molecule has 0 radical (unpaired) electrons. The molecule has 0 aromatic carbocycles. The van der Waals surface area contributed by atoms with Crippen molar-refractivity contribution < 1.29 is 5.11 Å². The average Bonchev–Trinajstić information content (AvgIpc) is 2.59. The number of hydrogen-bond acceptors (Lipinski definition) is 3. The van der Waals surface area contributed by atoms with Crippen molar-refractivity contribution in [1.82, 2.24) is 14.8 Å². The largest absolute Gasteiger partial charge is 0.392 e. The molecule has 0 aliphatic carbocycles. The van der Waals surface area contributed by atoms with Gasteiger partial charge in [0.15, 0.2) is 0 Å². The van der Waals surface area contributed by atoms with E-state index in [4.69, 9.17) is 16.7 Å². The van der Waals surface area contributed by atoms with Crippen LogP contribution in [0.15, 0.2) is 24.7 Å². The van der Waals surface area contributed by atoms with Gasteiger partial charge in [-0.25, -0.2) is 4.68 Å². The molecule has 5 heteroatoms. The van der Waals surface area contributed by atoms with E-state index >= 15 is 0 Å². The number of nitrogens with zero attached hydrogens (tertiary/aromatic N) is 3. The molecule has 2 aromatic heterocycles. The van der Waals surface area contributed by atoms with Gasteiger partial charge in [0.1, 0.15) is 0 Å². The summed E-state index contributed by atoms with van der Waals surface area (Å²) < 4.78 is 1.62. The van der Waals surface area contributed by atoms with Crippen LogP contribution in [-0.4, -0.2) is 19.9 Å². The summed E-state index contributed by atoms with van der Waals surface area (Å²) in [7, 11) is 0. The van der Waals surface area contributed by atoms with Gasteiger partial charge in [0.2, 0.25) is 0 Å². The summed E-state index contributed by atoms with van der Waals surface area (Å²) in [5.41, 5.74) is 2.27. The summed E-state index contributed by atoms with van der Waals surface area (Å²) in [6.07, 6.45) is 4.98. The molecule has 0 saturated heterocycles.